The van der Waals surface area contributed by atoms with Gasteiger partial charge in [-0.1, -0.05) is 0 Å². The second-order valence-corrected chi connectivity index (χ2v) is 2.25. The molecule has 1 aliphatic heterocycles. The molecule has 1 fully saturated rings. The summed E-state index contributed by atoms with van der Waals surface area (Å²) in [7, 11) is 0. The number of nitrogens with one attached hydrogen (secondary N) is 3. The van der Waals surface area contributed by atoms with Crippen molar-refractivity contribution in [2.45, 2.75) is 6.42 Å². The molecule has 6 heteroatoms. The van der Waals surface area contributed by atoms with Crippen LogP contribution in [-0.4, -0.2) is 23.6 Å². The maximum atomic E-state index is 10.5. The number of urea groups is 1. The molecule has 1 aliphatic rings. The van der Waals surface area contributed by atoms with Crippen LogP contribution in [-0.2, 0) is 0 Å². The molecule has 0 aromatic rings. The Kier molecular flexibility index (Phi) is 2.73. The number of hydrogen-bond donors (Lipinski definition) is 3. The van der Waals surface area contributed by atoms with Crippen LogP contribution in [0.4, 0.5) is 4.79 Å². The van der Waals surface area contributed by atoms with Crippen LogP contribution < -0.4 is 16.4 Å². The molecule has 1 rings (SSSR count). The lowest BCUT2D eigenvalue weighted by Crippen LogP contribution is -2.40. The molecule has 2 amide bonds. The largest absolute Gasteiger partial charge is 0.345 e. The number of carbonyl (C=O) groups is 1. The number of rotatable bonds is 3. The molecule has 0 radical (unpaired) electrons. The molecule has 3 N–H and O–H groups in total. The van der Waals surface area contributed by atoms with Gasteiger partial charge in [0.2, 0.25) is 0 Å². The molecule has 5 nitrogen and oxygen atoms in total. The number of carbonyl (C=O) groups excluding carboxylic acids is 1. The molecule has 58 valence electrons. The molecule has 0 saturated carbocycles. The van der Waals surface area contributed by atoms with E-state index in [9.17, 15) is 4.79 Å². The fraction of sp³-hybridized carbons (Fsp3) is 0.750. The van der Waals surface area contributed by atoms with Gasteiger partial charge in [-0.05, 0) is 6.42 Å². The van der Waals surface area contributed by atoms with Gasteiger partial charge in [-0.15, -0.1) is 22.3 Å². The third kappa shape index (κ3) is 2.02. The number of nitrogens with zero attached hydrogens (tertiary/aromatic N) is 1. The smallest absolute Gasteiger partial charge is 0.257 e. The van der Waals surface area contributed by atoms with Crippen molar-refractivity contribution in [2.75, 3.05) is 12.4 Å². The van der Waals surface area contributed by atoms with Gasteiger partial charge in [-0.2, -0.15) is 0 Å². The number of hydrazine groups is 3. The van der Waals surface area contributed by atoms with E-state index in [0.717, 1.165) is 6.42 Å². The molecule has 0 unspecified atom stereocenters. The second-order valence-electron chi connectivity index (χ2n) is 1.87. The minimum Gasteiger partial charge on any atom is -0.257 e. The highest BCUT2D eigenvalue weighted by Crippen LogP contribution is 1.88. The highest BCUT2D eigenvalue weighted by molar-refractivity contribution is 6.17. The van der Waals surface area contributed by atoms with Crippen LogP contribution >= 0.6 is 11.6 Å². The lowest BCUT2D eigenvalue weighted by atomic mass is 10.5. The van der Waals surface area contributed by atoms with Crippen molar-refractivity contribution in [3.63, 3.8) is 0 Å². The average Bonchev–Trinajstić information content (AvgIpc) is 2.31. The minimum absolute atomic E-state index is 0.241. The van der Waals surface area contributed by atoms with Crippen molar-refractivity contribution in [2.24, 2.45) is 0 Å². The summed E-state index contributed by atoms with van der Waals surface area (Å²) in [5.41, 5.74) is 7.47. The Bertz CT molecular complexity index is 130. The van der Waals surface area contributed by atoms with Gasteiger partial charge < -0.3 is 0 Å². The fourth-order valence-electron chi connectivity index (χ4n) is 0.626. The quantitative estimate of drug-likeness (QED) is 0.496. The lowest BCUT2D eigenvalue weighted by molar-refractivity contribution is 0.171. The van der Waals surface area contributed by atoms with Crippen molar-refractivity contribution < 1.29 is 4.79 Å². The summed E-state index contributed by atoms with van der Waals surface area (Å²) in [6, 6.07) is -0.241. The van der Waals surface area contributed by atoms with Crippen LogP contribution in [0.1, 0.15) is 6.42 Å². The van der Waals surface area contributed by atoms with E-state index in [1.165, 1.54) is 0 Å². The number of amides is 2. The van der Waals surface area contributed by atoms with Crippen LogP contribution in [0.25, 0.3) is 0 Å². The molecule has 0 aromatic carbocycles. The Morgan fingerprint density at radius 1 is 1.60 bits per heavy atom. The number of halogens is 1. The summed E-state index contributed by atoms with van der Waals surface area (Å²) in [6.45, 7) is 0.697. The van der Waals surface area contributed by atoms with Crippen LogP contribution in [0.15, 0.2) is 0 Å². The second kappa shape index (κ2) is 3.60. The first-order chi connectivity index (χ1) is 4.83. The van der Waals surface area contributed by atoms with E-state index in [1.54, 1.807) is 5.12 Å². The van der Waals surface area contributed by atoms with Gasteiger partial charge in [-0.3, -0.25) is 10.9 Å². The first-order valence-corrected chi connectivity index (χ1v) is 3.52. The molecule has 0 bridgehead atoms. The maximum Gasteiger partial charge on any atom is 0.345 e. The van der Waals surface area contributed by atoms with Gasteiger partial charge >= 0.3 is 6.03 Å². The Labute approximate surface area is 63.6 Å². The Morgan fingerprint density at radius 2 is 2.40 bits per heavy atom. The van der Waals surface area contributed by atoms with E-state index in [2.05, 4.69) is 16.4 Å². The first kappa shape index (κ1) is 7.59. The van der Waals surface area contributed by atoms with Crippen LogP contribution in [0.2, 0.25) is 0 Å². The topological polar surface area (TPSA) is 56.4 Å². The molecule has 0 spiro atoms. The third-order valence-corrected chi connectivity index (χ3v) is 1.32. The lowest BCUT2D eigenvalue weighted by Gasteiger charge is -2.10. The van der Waals surface area contributed by atoms with E-state index in [0.29, 0.717) is 12.4 Å². The van der Waals surface area contributed by atoms with E-state index < -0.39 is 0 Å². The molecule has 10 heavy (non-hydrogen) atoms. The molecule has 0 aromatic heterocycles. The summed E-state index contributed by atoms with van der Waals surface area (Å²) in [6.07, 6.45) is 0.830. The molecule has 0 aliphatic carbocycles. The zero-order valence-electron chi connectivity index (χ0n) is 5.35. The van der Waals surface area contributed by atoms with Crippen LogP contribution in [0.3, 0.4) is 0 Å². The van der Waals surface area contributed by atoms with E-state index >= 15 is 0 Å². The maximum absolute atomic E-state index is 10.5. The van der Waals surface area contributed by atoms with Crippen LogP contribution in [0.5, 0.6) is 0 Å². The molecule has 1 heterocycles. The normalized spacial score (nSPS) is 18.7. The Hall–Kier alpha value is -0.520. The van der Waals surface area contributed by atoms with Crippen LogP contribution in [0, 0.1) is 0 Å². The fourth-order valence-corrected chi connectivity index (χ4v) is 0.746. The predicted molar refractivity (Wildman–Crippen MR) is 36.8 cm³/mol. The predicted octanol–water partition coefficient (Wildman–Crippen LogP) is -0.435. The first-order valence-electron chi connectivity index (χ1n) is 2.98. The highest BCUT2D eigenvalue weighted by atomic mass is 35.5. The van der Waals surface area contributed by atoms with Gasteiger partial charge in [-0.25, -0.2) is 4.79 Å². The van der Waals surface area contributed by atoms with Crippen molar-refractivity contribution >= 4 is 17.6 Å². The van der Waals surface area contributed by atoms with Gasteiger partial charge in [0.1, 0.15) is 0 Å². The van der Waals surface area contributed by atoms with Crippen molar-refractivity contribution in [1.29, 1.82) is 0 Å². The summed E-state index contributed by atoms with van der Waals surface area (Å²) in [5, 5.41) is 1.55. The SMILES string of the molecule is O=C1NNN(CCCCl)N1. The van der Waals surface area contributed by atoms with Crippen molar-refractivity contribution in [1.82, 2.24) is 21.5 Å². The van der Waals surface area contributed by atoms with Gasteiger partial charge in [0.15, 0.2) is 0 Å². The van der Waals surface area contributed by atoms with Crippen molar-refractivity contribution in [3.05, 3.63) is 0 Å². The van der Waals surface area contributed by atoms with E-state index in [-0.39, 0.29) is 6.03 Å². The standard InChI is InChI=1S/C4H9ClN4O/c5-2-1-3-9-7-4(10)6-8-9/h8H,1-3H2,(H2,6,7,10). The Balaban J connectivity index is 2.12. The summed E-state index contributed by atoms with van der Waals surface area (Å²) in [4.78, 5) is 10.5. The third-order valence-electron chi connectivity index (χ3n) is 1.06. The van der Waals surface area contributed by atoms with Crippen molar-refractivity contribution in [3.8, 4) is 0 Å². The van der Waals surface area contributed by atoms with Gasteiger partial charge in [0.25, 0.3) is 0 Å². The minimum atomic E-state index is -0.241. The van der Waals surface area contributed by atoms with E-state index in [4.69, 9.17) is 11.6 Å². The summed E-state index contributed by atoms with van der Waals surface area (Å²) >= 11 is 5.43. The monoisotopic (exact) mass is 164 g/mol. The zero-order valence-corrected chi connectivity index (χ0v) is 6.11. The van der Waals surface area contributed by atoms with Gasteiger partial charge in [0, 0.05) is 12.4 Å². The summed E-state index contributed by atoms with van der Waals surface area (Å²) < 4.78 is 0. The average molecular weight is 165 g/mol. The Morgan fingerprint density at radius 3 is 2.90 bits per heavy atom. The zero-order chi connectivity index (χ0) is 7.40. The number of hydrogen-bond acceptors (Lipinski definition) is 3. The summed E-state index contributed by atoms with van der Waals surface area (Å²) in [5.74, 6) is 0.591. The molecular weight excluding hydrogens is 156 g/mol. The highest BCUT2D eigenvalue weighted by Gasteiger charge is 2.14. The molecular formula is C4H9ClN4O. The molecule has 1 saturated heterocycles. The number of alkyl halides is 1. The molecule has 0 atom stereocenters. The van der Waals surface area contributed by atoms with Gasteiger partial charge in [0.05, 0.1) is 0 Å². The van der Waals surface area contributed by atoms with E-state index in [1.807, 2.05) is 0 Å².